The van der Waals surface area contributed by atoms with Crippen LogP contribution < -0.4 is 16.4 Å². The first-order valence-electron chi connectivity index (χ1n) is 8.46. The normalized spacial score (nSPS) is 17.0. The standard InChI is InChI=1S/C16H28N6OS/c1-4-18-16(19-9-15-20-11(2)12(3)24-15)21-13-5-7-22(8-6-13)10-14(17)23/h13H,4-10H2,1-3H3,(H2,17,23)(H2,18,19,21). The topological polar surface area (TPSA) is 95.6 Å². The van der Waals surface area contributed by atoms with Gasteiger partial charge in [-0.1, -0.05) is 0 Å². The second-order valence-electron chi connectivity index (χ2n) is 6.11. The summed E-state index contributed by atoms with van der Waals surface area (Å²) in [5, 5.41) is 7.83. The molecule has 134 valence electrons. The maximum absolute atomic E-state index is 11.0. The Morgan fingerprint density at radius 1 is 1.42 bits per heavy atom. The quantitative estimate of drug-likeness (QED) is 0.519. The van der Waals surface area contributed by atoms with Gasteiger partial charge < -0.3 is 16.4 Å². The number of piperidine rings is 1. The van der Waals surface area contributed by atoms with Crippen molar-refractivity contribution in [3.05, 3.63) is 15.6 Å². The van der Waals surface area contributed by atoms with Gasteiger partial charge in [-0.15, -0.1) is 11.3 Å². The van der Waals surface area contributed by atoms with Crippen molar-refractivity contribution in [1.82, 2.24) is 20.5 Å². The second-order valence-corrected chi connectivity index (χ2v) is 7.39. The van der Waals surface area contributed by atoms with Crippen LogP contribution in [-0.2, 0) is 11.3 Å². The highest BCUT2D eigenvalue weighted by molar-refractivity contribution is 7.11. The van der Waals surface area contributed by atoms with Crippen LogP contribution in [0.25, 0.3) is 0 Å². The lowest BCUT2D eigenvalue weighted by atomic mass is 10.1. The van der Waals surface area contributed by atoms with Gasteiger partial charge in [-0.3, -0.25) is 9.69 Å². The van der Waals surface area contributed by atoms with Crippen molar-refractivity contribution >= 4 is 23.2 Å². The average molecular weight is 353 g/mol. The van der Waals surface area contributed by atoms with E-state index in [1.165, 1.54) is 4.88 Å². The maximum Gasteiger partial charge on any atom is 0.231 e. The third-order valence-electron chi connectivity index (χ3n) is 4.10. The molecule has 24 heavy (non-hydrogen) atoms. The Kier molecular flexibility index (Phi) is 6.99. The Morgan fingerprint density at radius 3 is 2.67 bits per heavy atom. The molecule has 2 rings (SSSR count). The molecule has 1 saturated heterocycles. The van der Waals surface area contributed by atoms with E-state index in [1.807, 2.05) is 6.92 Å². The number of hydrogen-bond donors (Lipinski definition) is 3. The predicted octanol–water partition coefficient (Wildman–Crippen LogP) is 0.765. The average Bonchev–Trinajstić information content (AvgIpc) is 2.85. The number of hydrogen-bond acceptors (Lipinski definition) is 5. The first-order chi connectivity index (χ1) is 11.5. The minimum Gasteiger partial charge on any atom is -0.369 e. The molecule has 1 aromatic heterocycles. The number of carbonyl (C=O) groups is 1. The van der Waals surface area contributed by atoms with Gasteiger partial charge in [-0.05, 0) is 33.6 Å². The van der Waals surface area contributed by atoms with Crippen molar-refractivity contribution < 1.29 is 4.79 Å². The fourth-order valence-electron chi connectivity index (χ4n) is 2.72. The predicted molar refractivity (Wildman–Crippen MR) is 98.2 cm³/mol. The fraction of sp³-hybridized carbons (Fsp3) is 0.688. The number of aryl methyl sites for hydroxylation is 2. The Morgan fingerprint density at radius 2 is 2.12 bits per heavy atom. The molecule has 7 nitrogen and oxygen atoms in total. The van der Waals surface area contributed by atoms with E-state index in [-0.39, 0.29) is 5.91 Å². The minimum atomic E-state index is -0.259. The van der Waals surface area contributed by atoms with Crippen LogP contribution in [0.1, 0.15) is 35.3 Å². The molecular formula is C16H28N6OS. The number of nitrogens with one attached hydrogen (secondary N) is 2. The van der Waals surface area contributed by atoms with Crippen molar-refractivity contribution in [2.45, 2.75) is 46.2 Å². The van der Waals surface area contributed by atoms with Crippen LogP contribution in [0.5, 0.6) is 0 Å². The van der Waals surface area contributed by atoms with Crippen molar-refractivity contribution in [2.24, 2.45) is 10.7 Å². The van der Waals surface area contributed by atoms with Gasteiger partial charge in [0.1, 0.15) is 5.01 Å². The number of amides is 1. The van der Waals surface area contributed by atoms with Gasteiger partial charge >= 0.3 is 0 Å². The van der Waals surface area contributed by atoms with E-state index in [9.17, 15) is 4.79 Å². The summed E-state index contributed by atoms with van der Waals surface area (Å²) in [6.45, 7) is 9.70. The molecule has 0 unspecified atom stereocenters. The lowest BCUT2D eigenvalue weighted by molar-refractivity contribution is -0.119. The van der Waals surface area contributed by atoms with Crippen molar-refractivity contribution in [3.8, 4) is 0 Å². The van der Waals surface area contributed by atoms with E-state index in [2.05, 4.69) is 39.4 Å². The number of rotatable bonds is 6. The van der Waals surface area contributed by atoms with Gasteiger partial charge in [0, 0.05) is 30.6 Å². The maximum atomic E-state index is 11.0. The van der Waals surface area contributed by atoms with Crippen LogP contribution in [0, 0.1) is 13.8 Å². The van der Waals surface area contributed by atoms with Gasteiger partial charge in [0.05, 0.1) is 18.8 Å². The highest BCUT2D eigenvalue weighted by Gasteiger charge is 2.20. The summed E-state index contributed by atoms with van der Waals surface area (Å²) >= 11 is 1.70. The molecule has 0 radical (unpaired) electrons. The van der Waals surface area contributed by atoms with Crippen LogP contribution in [0.2, 0.25) is 0 Å². The summed E-state index contributed by atoms with van der Waals surface area (Å²) in [4.78, 5) is 23.5. The van der Waals surface area contributed by atoms with Crippen molar-refractivity contribution in [3.63, 3.8) is 0 Å². The van der Waals surface area contributed by atoms with Crippen LogP contribution in [0.15, 0.2) is 4.99 Å². The Labute approximate surface area is 147 Å². The molecular weight excluding hydrogens is 324 g/mol. The van der Waals surface area contributed by atoms with Crippen LogP contribution in [-0.4, -0.2) is 54.0 Å². The lowest BCUT2D eigenvalue weighted by Gasteiger charge is -2.32. The first kappa shape index (κ1) is 18.7. The summed E-state index contributed by atoms with van der Waals surface area (Å²) in [5.41, 5.74) is 6.34. The van der Waals surface area contributed by atoms with Gasteiger partial charge in [0.2, 0.25) is 5.91 Å². The molecule has 0 bridgehead atoms. The molecule has 2 heterocycles. The number of aliphatic imine (C=N–C) groups is 1. The van der Waals surface area contributed by atoms with Crippen molar-refractivity contribution in [2.75, 3.05) is 26.2 Å². The Balaban J connectivity index is 1.86. The smallest absolute Gasteiger partial charge is 0.231 e. The molecule has 8 heteroatoms. The zero-order valence-corrected chi connectivity index (χ0v) is 15.6. The summed E-state index contributed by atoms with van der Waals surface area (Å²) < 4.78 is 0. The Bertz CT molecular complexity index is 558. The van der Waals surface area contributed by atoms with E-state index in [1.54, 1.807) is 11.3 Å². The highest BCUT2D eigenvalue weighted by atomic mass is 32.1. The molecule has 4 N–H and O–H groups in total. The molecule has 1 fully saturated rings. The largest absolute Gasteiger partial charge is 0.369 e. The zero-order valence-electron chi connectivity index (χ0n) is 14.8. The number of likely N-dealkylation sites (tertiary alicyclic amines) is 1. The van der Waals surface area contributed by atoms with Gasteiger partial charge in [-0.2, -0.15) is 0 Å². The van der Waals surface area contributed by atoms with Gasteiger partial charge in [0.25, 0.3) is 0 Å². The molecule has 0 atom stereocenters. The highest BCUT2D eigenvalue weighted by Crippen LogP contribution is 2.17. The van der Waals surface area contributed by atoms with Crippen molar-refractivity contribution in [1.29, 1.82) is 0 Å². The number of guanidine groups is 1. The van der Waals surface area contributed by atoms with Crippen LogP contribution in [0.4, 0.5) is 0 Å². The van der Waals surface area contributed by atoms with Gasteiger partial charge in [-0.25, -0.2) is 9.98 Å². The molecule has 0 spiro atoms. The van der Waals surface area contributed by atoms with Crippen LogP contribution in [0.3, 0.4) is 0 Å². The van der Waals surface area contributed by atoms with Crippen LogP contribution >= 0.6 is 11.3 Å². The van der Waals surface area contributed by atoms with E-state index in [0.717, 1.165) is 49.1 Å². The summed E-state index contributed by atoms with van der Waals surface area (Å²) in [7, 11) is 0. The summed E-state index contributed by atoms with van der Waals surface area (Å²) in [6, 6.07) is 0.367. The molecule has 0 aliphatic carbocycles. The third kappa shape index (κ3) is 5.76. The summed E-state index contributed by atoms with van der Waals surface area (Å²) in [6.07, 6.45) is 1.96. The second kappa shape index (κ2) is 8.98. The van der Waals surface area contributed by atoms with E-state index in [0.29, 0.717) is 19.1 Å². The third-order valence-corrected chi connectivity index (χ3v) is 5.15. The Hall–Kier alpha value is -1.67. The SMILES string of the molecule is CCNC(=NCc1nc(C)c(C)s1)NC1CCN(CC(N)=O)CC1. The number of carbonyl (C=O) groups excluding carboxylic acids is 1. The molecule has 1 amide bonds. The first-order valence-corrected chi connectivity index (χ1v) is 9.28. The minimum absolute atomic E-state index is 0.259. The number of thiazole rings is 1. The molecule has 1 aliphatic rings. The van der Waals surface area contributed by atoms with Gasteiger partial charge in [0.15, 0.2) is 5.96 Å². The molecule has 0 aromatic carbocycles. The monoisotopic (exact) mass is 352 g/mol. The number of nitrogens with zero attached hydrogens (tertiary/aromatic N) is 3. The molecule has 0 saturated carbocycles. The summed E-state index contributed by atoms with van der Waals surface area (Å²) in [5.74, 6) is 0.571. The zero-order chi connectivity index (χ0) is 17.5. The van der Waals surface area contributed by atoms with E-state index >= 15 is 0 Å². The fourth-order valence-corrected chi connectivity index (χ4v) is 3.58. The number of nitrogens with two attached hydrogens (primary N) is 1. The lowest BCUT2D eigenvalue weighted by Crippen LogP contribution is -2.49. The molecule has 1 aliphatic heterocycles. The van der Waals surface area contributed by atoms with E-state index < -0.39 is 0 Å². The number of aromatic nitrogens is 1. The molecule has 1 aromatic rings. The van der Waals surface area contributed by atoms with E-state index in [4.69, 9.17) is 5.73 Å². The number of primary amides is 1.